The maximum Gasteiger partial charge on any atom is 0.274 e. The molecule has 1 aliphatic heterocycles. The topological polar surface area (TPSA) is 75.5 Å². The highest BCUT2D eigenvalue weighted by Crippen LogP contribution is 2.27. The lowest BCUT2D eigenvalue weighted by Gasteiger charge is -2.32. The highest BCUT2D eigenvalue weighted by atomic mass is 16.6. The van der Waals surface area contributed by atoms with Gasteiger partial charge in [0.15, 0.2) is 0 Å². The normalized spacial score (nSPS) is 17.0. The number of hydrogen-bond acceptors (Lipinski definition) is 4. The van der Waals surface area contributed by atoms with Crippen LogP contribution in [0.5, 0.6) is 0 Å². The molecule has 1 saturated heterocycles. The first-order valence-electron chi connectivity index (χ1n) is 10.3. The van der Waals surface area contributed by atoms with Crippen LogP contribution in [0.2, 0.25) is 0 Å². The molecule has 3 aromatic carbocycles. The van der Waals surface area contributed by atoms with Gasteiger partial charge in [0.2, 0.25) is 5.91 Å². The molecule has 1 heterocycles. The number of nitro groups is 1. The summed E-state index contributed by atoms with van der Waals surface area (Å²) in [5, 5.41) is 16.5. The number of fused-ring (bicyclic) bond motifs is 1. The number of benzene rings is 3. The fourth-order valence-electron chi connectivity index (χ4n) is 4.28. The van der Waals surface area contributed by atoms with Crippen molar-refractivity contribution in [3.8, 4) is 0 Å². The molecule has 6 nitrogen and oxygen atoms in total. The molecule has 0 saturated carbocycles. The minimum atomic E-state index is -0.419. The van der Waals surface area contributed by atoms with Crippen LogP contribution < -0.4 is 5.32 Å². The second kappa shape index (κ2) is 8.63. The zero-order valence-corrected chi connectivity index (χ0v) is 17.0. The van der Waals surface area contributed by atoms with E-state index in [1.54, 1.807) is 19.1 Å². The minimum absolute atomic E-state index is 0.0222. The molecule has 6 heteroatoms. The minimum Gasteiger partial charge on any atom is -0.325 e. The van der Waals surface area contributed by atoms with Crippen LogP contribution in [0.1, 0.15) is 24.0 Å². The Labute approximate surface area is 175 Å². The van der Waals surface area contributed by atoms with Crippen LogP contribution in [-0.4, -0.2) is 28.8 Å². The van der Waals surface area contributed by atoms with E-state index >= 15 is 0 Å². The lowest BCUT2D eigenvalue weighted by atomic mass is 9.95. The summed E-state index contributed by atoms with van der Waals surface area (Å²) in [6.45, 7) is 4.12. The molecule has 1 atom stereocenters. The zero-order valence-electron chi connectivity index (χ0n) is 17.0. The van der Waals surface area contributed by atoms with Crippen LogP contribution in [0.25, 0.3) is 10.8 Å². The molecule has 1 N–H and O–H groups in total. The summed E-state index contributed by atoms with van der Waals surface area (Å²) in [6, 6.07) is 19.5. The van der Waals surface area contributed by atoms with Gasteiger partial charge in [0, 0.05) is 19.2 Å². The number of nitro benzene ring substituents is 1. The number of anilines is 1. The molecule has 0 spiro atoms. The fourth-order valence-corrected chi connectivity index (χ4v) is 4.28. The maximum atomic E-state index is 12.9. The summed E-state index contributed by atoms with van der Waals surface area (Å²) in [5.41, 5.74) is 2.29. The third-order valence-corrected chi connectivity index (χ3v) is 5.91. The number of rotatable bonds is 5. The van der Waals surface area contributed by atoms with E-state index in [4.69, 9.17) is 0 Å². The van der Waals surface area contributed by atoms with Crippen molar-refractivity contribution >= 4 is 28.1 Å². The van der Waals surface area contributed by atoms with E-state index in [1.807, 2.05) is 6.07 Å². The average molecular weight is 403 g/mol. The Hall–Kier alpha value is -3.25. The van der Waals surface area contributed by atoms with Crippen molar-refractivity contribution < 1.29 is 9.72 Å². The van der Waals surface area contributed by atoms with E-state index in [1.165, 1.54) is 22.4 Å². The number of nitrogens with zero attached hydrogens (tertiary/aromatic N) is 2. The van der Waals surface area contributed by atoms with E-state index < -0.39 is 4.92 Å². The molecule has 0 radical (unpaired) electrons. The van der Waals surface area contributed by atoms with Crippen molar-refractivity contribution in [2.75, 3.05) is 18.4 Å². The Morgan fingerprint density at radius 1 is 1.13 bits per heavy atom. The Morgan fingerprint density at radius 2 is 1.90 bits per heavy atom. The first-order valence-corrected chi connectivity index (χ1v) is 10.3. The third-order valence-electron chi connectivity index (χ3n) is 5.91. The molecule has 3 aromatic rings. The van der Waals surface area contributed by atoms with Gasteiger partial charge in [-0.2, -0.15) is 0 Å². The van der Waals surface area contributed by atoms with E-state index in [2.05, 4.69) is 46.6 Å². The highest BCUT2D eigenvalue weighted by molar-refractivity contribution is 5.94. The molecule has 1 amide bonds. The summed E-state index contributed by atoms with van der Waals surface area (Å²) in [4.78, 5) is 26.0. The fraction of sp³-hybridized carbons (Fsp3) is 0.292. The second-order valence-corrected chi connectivity index (χ2v) is 7.91. The van der Waals surface area contributed by atoms with Crippen molar-refractivity contribution in [2.45, 2.75) is 26.3 Å². The number of carbonyl (C=O) groups is 1. The quantitative estimate of drug-likeness (QED) is 0.485. The summed E-state index contributed by atoms with van der Waals surface area (Å²) in [7, 11) is 0. The number of likely N-dealkylation sites (tertiary alicyclic amines) is 1. The molecule has 1 aliphatic rings. The number of amides is 1. The van der Waals surface area contributed by atoms with Crippen molar-refractivity contribution in [2.24, 2.45) is 5.92 Å². The molecular formula is C24H25N3O3. The summed E-state index contributed by atoms with van der Waals surface area (Å²) in [6.07, 6.45) is 1.78. The summed E-state index contributed by atoms with van der Waals surface area (Å²) in [5.74, 6) is -0.200. The molecule has 0 aliphatic carbocycles. The maximum absolute atomic E-state index is 12.9. The first kappa shape index (κ1) is 20.0. The van der Waals surface area contributed by atoms with Crippen LogP contribution in [-0.2, 0) is 11.3 Å². The van der Waals surface area contributed by atoms with Gasteiger partial charge in [-0.05, 0) is 48.7 Å². The number of carbonyl (C=O) groups excluding carboxylic acids is 1. The van der Waals surface area contributed by atoms with Gasteiger partial charge in [0.1, 0.15) is 0 Å². The van der Waals surface area contributed by atoms with Gasteiger partial charge in [-0.15, -0.1) is 0 Å². The van der Waals surface area contributed by atoms with Crippen LogP contribution >= 0.6 is 0 Å². The average Bonchev–Trinajstić information content (AvgIpc) is 2.75. The SMILES string of the molecule is Cc1c(NC(=O)C2CCCN(Cc3cccc4ccccc34)C2)cccc1[N+](=O)[O-]. The molecule has 154 valence electrons. The van der Waals surface area contributed by atoms with Gasteiger partial charge in [0.25, 0.3) is 5.69 Å². The lowest BCUT2D eigenvalue weighted by molar-refractivity contribution is -0.385. The van der Waals surface area contributed by atoms with Gasteiger partial charge in [0.05, 0.1) is 22.1 Å². The second-order valence-electron chi connectivity index (χ2n) is 7.91. The van der Waals surface area contributed by atoms with Gasteiger partial charge in [-0.25, -0.2) is 0 Å². The van der Waals surface area contributed by atoms with Crippen LogP contribution in [0.3, 0.4) is 0 Å². The van der Waals surface area contributed by atoms with Crippen LogP contribution in [0.4, 0.5) is 11.4 Å². The Balaban J connectivity index is 1.46. The molecule has 0 bridgehead atoms. The van der Waals surface area contributed by atoms with Crippen molar-refractivity contribution in [3.05, 3.63) is 81.9 Å². The van der Waals surface area contributed by atoms with Gasteiger partial charge in [-0.3, -0.25) is 19.8 Å². The number of piperidine rings is 1. The van der Waals surface area contributed by atoms with E-state index in [0.717, 1.165) is 25.9 Å². The lowest BCUT2D eigenvalue weighted by Crippen LogP contribution is -2.40. The summed E-state index contributed by atoms with van der Waals surface area (Å²) >= 11 is 0. The van der Waals surface area contributed by atoms with Gasteiger partial charge >= 0.3 is 0 Å². The number of nitrogens with one attached hydrogen (secondary N) is 1. The van der Waals surface area contributed by atoms with Crippen molar-refractivity contribution in [3.63, 3.8) is 0 Å². The van der Waals surface area contributed by atoms with Crippen LogP contribution in [0.15, 0.2) is 60.7 Å². The monoisotopic (exact) mass is 403 g/mol. The Morgan fingerprint density at radius 3 is 2.73 bits per heavy atom. The smallest absolute Gasteiger partial charge is 0.274 e. The molecule has 1 fully saturated rings. The van der Waals surface area contributed by atoms with Crippen LogP contribution in [0, 0.1) is 23.0 Å². The van der Waals surface area contributed by atoms with Gasteiger partial charge < -0.3 is 5.32 Å². The predicted molar refractivity (Wildman–Crippen MR) is 118 cm³/mol. The molecule has 30 heavy (non-hydrogen) atoms. The molecule has 4 rings (SSSR count). The molecule has 0 aromatic heterocycles. The Bertz CT molecular complexity index is 1090. The van der Waals surface area contributed by atoms with Gasteiger partial charge in [-0.1, -0.05) is 48.5 Å². The van der Waals surface area contributed by atoms with Crippen molar-refractivity contribution in [1.82, 2.24) is 4.90 Å². The Kier molecular flexibility index (Phi) is 5.77. The number of hydrogen-bond donors (Lipinski definition) is 1. The largest absolute Gasteiger partial charge is 0.325 e. The van der Waals surface area contributed by atoms with E-state index in [-0.39, 0.29) is 17.5 Å². The zero-order chi connectivity index (χ0) is 21.1. The third kappa shape index (κ3) is 4.19. The summed E-state index contributed by atoms with van der Waals surface area (Å²) < 4.78 is 0. The predicted octanol–water partition coefficient (Wildman–Crippen LogP) is 4.91. The molecular weight excluding hydrogens is 378 g/mol. The highest BCUT2D eigenvalue weighted by Gasteiger charge is 2.27. The van der Waals surface area contributed by atoms with E-state index in [9.17, 15) is 14.9 Å². The van der Waals surface area contributed by atoms with E-state index in [0.29, 0.717) is 17.8 Å². The standard InChI is InChI=1S/C24H25N3O3/c1-17-22(12-5-13-23(17)27(29)30)25-24(28)20-10-6-14-26(16-20)15-19-9-4-8-18-7-2-3-11-21(18)19/h2-5,7-9,11-13,20H,6,10,14-16H2,1H3,(H,25,28). The van der Waals surface area contributed by atoms with Crippen molar-refractivity contribution in [1.29, 1.82) is 0 Å². The molecule has 1 unspecified atom stereocenters. The first-order chi connectivity index (χ1) is 14.5.